The fourth-order valence-corrected chi connectivity index (χ4v) is 7.38. The van der Waals surface area contributed by atoms with Gasteiger partial charge in [0.25, 0.3) is 0 Å². The van der Waals surface area contributed by atoms with E-state index < -0.39 is 0 Å². The molecule has 1 aliphatic rings. The van der Waals surface area contributed by atoms with Gasteiger partial charge >= 0.3 is 0 Å². The van der Waals surface area contributed by atoms with Crippen molar-refractivity contribution in [1.82, 2.24) is 14.5 Å². The van der Waals surface area contributed by atoms with Gasteiger partial charge in [0.2, 0.25) is 0 Å². The first-order chi connectivity index (χ1) is 26.5. The van der Waals surface area contributed by atoms with E-state index in [2.05, 4.69) is 177 Å². The molecule has 282 valence electrons. The first-order valence-corrected chi connectivity index (χ1v) is 18.7. The third-order valence-corrected chi connectivity index (χ3v) is 10.4. The van der Waals surface area contributed by atoms with Crippen molar-refractivity contribution >= 4 is 44.6 Å². The van der Waals surface area contributed by atoms with Crippen molar-refractivity contribution in [2.45, 2.75) is 52.4 Å². The summed E-state index contributed by atoms with van der Waals surface area (Å²) in [4.78, 5) is 13.8. The molecule has 0 saturated heterocycles. The third-order valence-electron chi connectivity index (χ3n) is 10.4. The summed E-state index contributed by atoms with van der Waals surface area (Å²) >= 11 is 0. The van der Waals surface area contributed by atoms with E-state index in [-0.39, 0.29) is 31.9 Å². The summed E-state index contributed by atoms with van der Waals surface area (Å²) in [6.45, 7) is 15.5. The summed E-state index contributed by atoms with van der Waals surface area (Å²) in [6.07, 6.45) is 5.66. The van der Waals surface area contributed by atoms with Gasteiger partial charge in [-0.2, -0.15) is 12.1 Å². The fraction of sp³-hybridized carbons (Fsp3) is 0.163. The summed E-state index contributed by atoms with van der Waals surface area (Å²) in [6, 6.07) is 49.3. The molecule has 0 spiro atoms. The van der Waals surface area contributed by atoms with E-state index in [1.807, 2.05) is 42.9 Å². The number of pyridine rings is 2. The molecule has 6 nitrogen and oxygen atoms in total. The minimum absolute atomic E-state index is 0. The van der Waals surface area contributed by atoms with Crippen molar-refractivity contribution in [1.29, 1.82) is 0 Å². The topological polar surface area (TPSA) is 46.4 Å². The molecule has 9 rings (SSSR count). The van der Waals surface area contributed by atoms with Crippen LogP contribution in [0.25, 0.3) is 38.8 Å². The Kier molecular flexibility index (Phi) is 9.58. The van der Waals surface area contributed by atoms with Gasteiger partial charge in [-0.1, -0.05) is 108 Å². The maximum Gasteiger partial charge on any atom is 0.135 e. The molecular formula is C49H42N5OPt-3. The van der Waals surface area contributed by atoms with E-state index >= 15 is 0 Å². The van der Waals surface area contributed by atoms with Gasteiger partial charge in [-0.25, -0.2) is 4.98 Å². The average Bonchev–Trinajstić information content (AvgIpc) is 3.74. The summed E-state index contributed by atoms with van der Waals surface area (Å²) in [5, 5.41) is 2.23. The van der Waals surface area contributed by atoms with Gasteiger partial charge in [0, 0.05) is 67.4 Å². The van der Waals surface area contributed by atoms with Gasteiger partial charge in [0.1, 0.15) is 5.82 Å². The quantitative estimate of drug-likeness (QED) is 0.156. The minimum atomic E-state index is -0.0258. The summed E-state index contributed by atoms with van der Waals surface area (Å²) in [7, 11) is 0. The van der Waals surface area contributed by atoms with Gasteiger partial charge < -0.3 is 19.1 Å². The normalized spacial score (nSPS) is 12.9. The average molecular weight is 912 g/mol. The molecule has 8 aromatic rings. The summed E-state index contributed by atoms with van der Waals surface area (Å²) < 4.78 is 8.75. The Bertz CT molecular complexity index is 2710. The predicted molar refractivity (Wildman–Crippen MR) is 225 cm³/mol. The Morgan fingerprint density at radius 3 is 2.16 bits per heavy atom. The van der Waals surface area contributed by atoms with Crippen molar-refractivity contribution in [3.05, 3.63) is 170 Å². The van der Waals surface area contributed by atoms with E-state index in [0.29, 0.717) is 11.5 Å². The summed E-state index contributed by atoms with van der Waals surface area (Å²) in [5.74, 6) is 2.04. The maximum atomic E-state index is 6.57. The largest absolute Gasteiger partial charge is 0.509 e. The van der Waals surface area contributed by atoms with Crippen LogP contribution in [0.3, 0.4) is 0 Å². The van der Waals surface area contributed by atoms with Crippen LogP contribution in [-0.4, -0.2) is 14.5 Å². The molecular weight excluding hydrogens is 870 g/mol. The first-order valence-electron chi connectivity index (χ1n) is 18.7. The van der Waals surface area contributed by atoms with Gasteiger partial charge in [0.05, 0.1) is 11.9 Å². The molecule has 0 saturated carbocycles. The van der Waals surface area contributed by atoms with E-state index in [4.69, 9.17) is 9.72 Å². The van der Waals surface area contributed by atoms with Gasteiger partial charge in [-0.05, 0) is 63.2 Å². The Morgan fingerprint density at radius 1 is 0.607 bits per heavy atom. The summed E-state index contributed by atoms with van der Waals surface area (Å²) in [5.41, 5.74) is 10.6. The van der Waals surface area contributed by atoms with E-state index in [0.717, 1.165) is 61.5 Å². The number of anilines is 4. The fourth-order valence-electron chi connectivity index (χ4n) is 7.38. The van der Waals surface area contributed by atoms with Gasteiger partial charge in [-0.15, -0.1) is 48.1 Å². The van der Waals surface area contributed by atoms with Crippen molar-refractivity contribution in [3.63, 3.8) is 0 Å². The Hall–Kier alpha value is -5.71. The Morgan fingerprint density at radius 2 is 1.36 bits per heavy atom. The van der Waals surface area contributed by atoms with E-state index in [1.165, 1.54) is 11.1 Å². The zero-order valence-corrected chi connectivity index (χ0v) is 34.6. The van der Waals surface area contributed by atoms with Crippen molar-refractivity contribution in [2.75, 3.05) is 9.80 Å². The number of ether oxygens (including phenoxy) is 1. The van der Waals surface area contributed by atoms with E-state index in [1.54, 1.807) is 0 Å². The Labute approximate surface area is 343 Å². The van der Waals surface area contributed by atoms with Gasteiger partial charge in [0.15, 0.2) is 0 Å². The van der Waals surface area contributed by atoms with Crippen LogP contribution < -0.4 is 14.5 Å². The monoisotopic (exact) mass is 911 g/mol. The molecule has 0 unspecified atom stereocenters. The number of aromatic nitrogens is 3. The molecule has 4 heterocycles. The predicted octanol–water partition coefficient (Wildman–Crippen LogP) is 12.6. The molecule has 7 heteroatoms. The van der Waals surface area contributed by atoms with Crippen LogP contribution in [0.1, 0.15) is 52.7 Å². The second-order valence-electron chi connectivity index (χ2n) is 16.2. The molecule has 56 heavy (non-hydrogen) atoms. The number of fused-ring (bicyclic) bond motifs is 4. The first kappa shape index (κ1) is 37.2. The van der Waals surface area contributed by atoms with Crippen LogP contribution >= 0.6 is 0 Å². The number of rotatable bonds is 6. The number of hydrogen-bond donors (Lipinski definition) is 0. The molecule has 0 atom stereocenters. The zero-order valence-electron chi connectivity index (χ0n) is 32.3. The van der Waals surface area contributed by atoms with Crippen molar-refractivity contribution in [3.8, 4) is 28.4 Å². The SMILES string of the molecule is CC(C)(C)c1ccnc(-n2c3[c-]c(Oc4[c-]c(N5[CH-]N(c6cc(C(C)(C)C)ccc6-c6ccccc6)c6cnccc65)ccc4)ccc3c3ccccc32)c1.[Pt]. The number of nitrogens with zero attached hydrogens (tertiary/aromatic N) is 5. The second-order valence-corrected chi connectivity index (χ2v) is 16.2. The second kappa shape index (κ2) is 14.4. The number of benzene rings is 5. The zero-order chi connectivity index (χ0) is 37.9. The molecule has 5 aromatic carbocycles. The molecule has 3 aromatic heterocycles. The van der Waals surface area contributed by atoms with Crippen LogP contribution in [0, 0.1) is 18.8 Å². The maximum absolute atomic E-state index is 6.57. The van der Waals surface area contributed by atoms with Crippen molar-refractivity contribution < 1.29 is 25.8 Å². The smallest absolute Gasteiger partial charge is 0.135 e. The molecule has 0 bridgehead atoms. The van der Waals surface area contributed by atoms with Crippen LogP contribution in [0.4, 0.5) is 22.7 Å². The number of para-hydroxylation sites is 1. The van der Waals surface area contributed by atoms with Gasteiger partial charge in [-0.3, -0.25) is 4.98 Å². The molecule has 0 aliphatic carbocycles. The molecule has 0 fully saturated rings. The van der Waals surface area contributed by atoms with Crippen LogP contribution in [0.2, 0.25) is 0 Å². The van der Waals surface area contributed by atoms with Crippen LogP contribution in [0.15, 0.2) is 140 Å². The number of hydrogen-bond acceptors (Lipinski definition) is 5. The van der Waals surface area contributed by atoms with Crippen molar-refractivity contribution in [2.24, 2.45) is 0 Å². The molecule has 0 radical (unpaired) electrons. The van der Waals surface area contributed by atoms with Crippen LogP contribution in [0.5, 0.6) is 11.5 Å². The van der Waals surface area contributed by atoms with Crippen LogP contribution in [-0.2, 0) is 31.9 Å². The minimum Gasteiger partial charge on any atom is -0.509 e. The molecule has 0 N–H and O–H groups in total. The Balaban J connectivity index is 0.00000441. The molecule has 0 amide bonds. The van der Waals surface area contributed by atoms with E-state index in [9.17, 15) is 0 Å². The molecule has 1 aliphatic heterocycles. The standard InChI is InChI=1S/C49H42N5O.Pt/c1-48(2,3)34-19-21-39(33-13-8-7-9-14-33)44(27-34)53-32-52(43-24-25-50-31-46(43)53)36-15-12-16-37(29-36)55-38-20-22-41-40-17-10-11-18-42(40)54(45(41)30-38)47-28-35(23-26-51-47)49(4,5)6;/h7-28,31-32H,1-6H3;/q-3;. The third kappa shape index (κ3) is 6.77.